The minimum Gasteiger partial charge on any atom is -0.481 e. The fraction of sp³-hybridized carbons (Fsp3) is 0.316. The van der Waals surface area contributed by atoms with Gasteiger partial charge in [0.2, 0.25) is 0 Å². The Hall–Kier alpha value is -2.67. The van der Waals surface area contributed by atoms with E-state index in [4.69, 9.17) is 4.74 Å². The van der Waals surface area contributed by atoms with E-state index >= 15 is 0 Å². The Morgan fingerprint density at radius 1 is 1.27 bits per heavy atom. The molecule has 1 unspecified atom stereocenters. The molecule has 0 saturated carbocycles. The van der Waals surface area contributed by atoms with Crippen LogP contribution in [-0.4, -0.2) is 44.8 Å². The van der Waals surface area contributed by atoms with Gasteiger partial charge in [0.15, 0.2) is 11.9 Å². The van der Waals surface area contributed by atoms with Gasteiger partial charge in [-0.2, -0.15) is 16.4 Å². The number of benzene rings is 1. The highest BCUT2D eigenvalue weighted by Crippen LogP contribution is 2.28. The first kappa shape index (κ1) is 16.8. The summed E-state index contributed by atoms with van der Waals surface area (Å²) in [6.07, 6.45) is -0.501. The number of aromatic nitrogens is 3. The molecule has 3 aromatic rings. The Kier molecular flexibility index (Phi) is 4.46. The Bertz CT molecular complexity index is 886. The molecule has 6 nitrogen and oxygen atoms in total. The number of likely N-dealkylation sites (tertiary alicyclic amines) is 1. The lowest BCUT2D eigenvalue weighted by Gasteiger charge is -2.39. The molecule has 1 aliphatic rings. The molecule has 1 aromatic carbocycles. The lowest BCUT2D eigenvalue weighted by atomic mass is 9.98. The minimum atomic E-state index is -0.501. The highest BCUT2D eigenvalue weighted by atomic mass is 32.1. The summed E-state index contributed by atoms with van der Waals surface area (Å²) in [4.78, 5) is 19.0. The van der Waals surface area contributed by atoms with Crippen LogP contribution >= 0.6 is 11.3 Å². The van der Waals surface area contributed by atoms with E-state index in [-0.39, 0.29) is 11.8 Å². The van der Waals surface area contributed by atoms with E-state index in [9.17, 15) is 4.79 Å². The molecular weight excluding hydrogens is 348 g/mol. The second-order valence-corrected chi connectivity index (χ2v) is 7.22. The maximum atomic E-state index is 12.5. The lowest BCUT2D eigenvalue weighted by Crippen LogP contribution is -2.53. The van der Waals surface area contributed by atoms with Crippen molar-refractivity contribution in [1.29, 1.82) is 0 Å². The number of carbonyl (C=O) groups excluding carboxylic acids is 1. The van der Waals surface area contributed by atoms with Crippen molar-refractivity contribution < 1.29 is 9.53 Å². The average molecular weight is 368 g/mol. The number of nitrogens with zero attached hydrogens (tertiary/aromatic N) is 4. The zero-order valence-corrected chi connectivity index (χ0v) is 15.5. The molecule has 0 aliphatic carbocycles. The van der Waals surface area contributed by atoms with Crippen LogP contribution in [0.4, 0.5) is 0 Å². The van der Waals surface area contributed by atoms with E-state index in [0.717, 1.165) is 17.2 Å². The van der Waals surface area contributed by atoms with Crippen molar-refractivity contribution in [2.45, 2.75) is 18.9 Å². The first-order chi connectivity index (χ1) is 12.6. The molecule has 1 fully saturated rings. The molecule has 0 radical (unpaired) electrons. The van der Waals surface area contributed by atoms with E-state index < -0.39 is 6.10 Å². The van der Waals surface area contributed by atoms with Crippen LogP contribution in [0, 0.1) is 0 Å². The predicted octanol–water partition coefficient (Wildman–Crippen LogP) is 2.94. The number of hydrogen-bond acceptors (Lipinski definition) is 5. The largest absolute Gasteiger partial charge is 0.481 e. The van der Waals surface area contributed by atoms with E-state index in [0.29, 0.717) is 18.8 Å². The third-order valence-electron chi connectivity index (χ3n) is 4.54. The number of ether oxygens (including phenoxy) is 1. The molecule has 7 heteroatoms. The number of aryl methyl sites for hydroxylation is 1. The van der Waals surface area contributed by atoms with Crippen molar-refractivity contribution in [2.75, 3.05) is 13.1 Å². The molecule has 26 heavy (non-hydrogen) atoms. The summed E-state index contributed by atoms with van der Waals surface area (Å²) >= 11 is 1.63. The standard InChI is InChI=1S/C19H20N4O2S/c1-13(25-16-6-4-3-5-7-16)19(24)23-10-15(11-23)18-20-17(21-22(18)2)14-8-9-26-12-14/h3-9,12-13,15H,10-11H2,1-2H3. The van der Waals surface area contributed by atoms with Crippen molar-refractivity contribution in [3.63, 3.8) is 0 Å². The zero-order valence-electron chi connectivity index (χ0n) is 14.7. The molecule has 134 valence electrons. The summed E-state index contributed by atoms with van der Waals surface area (Å²) in [7, 11) is 1.91. The summed E-state index contributed by atoms with van der Waals surface area (Å²) in [6.45, 7) is 3.09. The van der Waals surface area contributed by atoms with Crippen LogP contribution in [0.1, 0.15) is 18.7 Å². The van der Waals surface area contributed by atoms with Crippen molar-refractivity contribution >= 4 is 17.2 Å². The fourth-order valence-electron chi connectivity index (χ4n) is 3.10. The molecule has 0 N–H and O–H groups in total. The van der Waals surface area contributed by atoms with Gasteiger partial charge in [-0.3, -0.25) is 9.48 Å². The van der Waals surface area contributed by atoms with E-state index in [1.807, 2.05) is 63.8 Å². The molecule has 1 saturated heterocycles. The van der Waals surface area contributed by atoms with Gasteiger partial charge in [0.1, 0.15) is 11.6 Å². The van der Waals surface area contributed by atoms with Crippen molar-refractivity contribution in [2.24, 2.45) is 7.05 Å². The Labute approximate surface area is 156 Å². The summed E-state index contributed by atoms with van der Waals surface area (Å²) < 4.78 is 7.55. The molecule has 0 bridgehead atoms. The molecule has 1 amide bonds. The van der Waals surface area contributed by atoms with Gasteiger partial charge in [0.25, 0.3) is 5.91 Å². The van der Waals surface area contributed by atoms with E-state index in [1.54, 1.807) is 18.3 Å². The van der Waals surface area contributed by atoms with Gasteiger partial charge in [-0.1, -0.05) is 18.2 Å². The number of rotatable bonds is 5. The maximum Gasteiger partial charge on any atom is 0.263 e. The monoisotopic (exact) mass is 368 g/mol. The molecular formula is C19H20N4O2S. The number of amides is 1. The molecule has 1 atom stereocenters. The molecule has 0 spiro atoms. The first-order valence-corrected chi connectivity index (χ1v) is 9.50. The lowest BCUT2D eigenvalue weighted by molar-refractivity contribution is -0.142. The minimum absolute atomic E-state index is 0.00493. The number of thiophene rings is 1. The highest BCUT2D eigenvalue weighted by Gasteiger charge is 2.37. The van der Waals surface area contributed by atoms with Crippen LogP contribution in [0.15, 0.2) is 47.2 Å². The van der Waals surface area contributed by atoms with Gasteiger partial charge in [-0.05, 0) is 30.5 Å². The number of para-hydroxylation sites is 1. The van der Waals surface area contributed by atoms with Crippen LogP contribution in [0.25, 0.3) is 11.4 Å². The predicted molar refractivity (Wildman–Crippen MR) is 100 cm³/mol. The Balaban J connectivity index is 1.37. The second-order valence-electron chi connectivity index (χ2n) is 6.44. The second kappa shape index (κ2) is 6.92. The maximum absolute atomic E-state index is 12.5. The van der Waals surface area contributed by atoms with Gasteiger partial charge < -0.3 is 9.64 Å². The molecule has 2 aromatic heterocycles. The summed E-state index contributed by atoms with van der Waals surface area (Å²) in [5.41, 5.74) is 1.04. The molecule has 1 aliphatic heterocycles. The summed E-state index contributed by atoms with van der Waals surface area (Å²) in [6, 6.07) is 11.4. The Morgan fingerprint density at radius 2 is 2.04 bits per heavy atom. The fourth-order valence-corrected chi connectivity index (χ4v) is 3.73. The van der Waals surface area contributed by atoms with Crippen molar-refractivity contribution in [1.82, 2.24) is 19.7 Å². The Morgan fingerprint density at radius 3 is 2.73 bits per heavy atom. The zero-order chi connectivity index (χ0) is 18.1. The van der Waals surface area contributed by atoms with Crippen molar-refractivity contribution in [3.05, 3.63) is 53.0 Å². The quantitative estimate of drug-likeness (QED) is 0.695. The van der Waals surface area contributed by atoms with Gasteiger partial charge in [0, 0.05) is 31.1 Å². The average Bonchev–Trinajstić information content (AvgIpc) is 3.24. The van der Waals surface area contributed by atoms with Crippen LogP contribution in [-0.2, 0) is 11.8 Å². The summed E-state index contributed by atoms with van der Waals surface area (Å²) in [5.74, 6) is 2.60. The van der Waals surface area contributed by atoms with Crippen LogP contribution < -0.4 is 4.74 Å². The normalized spacial score (nSPS) is 15.5. The number of carbonyl (C=O) groups is 1. The van der Waals surface area contributed by atoms with E-state index in [2.05, 4.69) is 10.1 Å². The van der Waals surface area contributed by atoms with Crippen LogP contribution in [0.3, 0.4) is 0 Å². The third kappa shape index (κ3) is 3.22. The van der Waals surface area contributed by atoms with Gasteiger partial charge in [0.05, 0.1) is 5.92 Å². The third-order valence-corrected chi connectivity index (χ3v) is 5.22. The topological polar surface area (TPSA) is 60.2 Å². The van der Waals surface area contributed by atoms with E-state index in [1.165, 1.54) is 0 Å². The van der Waals surface area contributed by atoms with Gasteiger partial charge >= 0.3 is 0 Å². The molecule has 3 heterocycles. The SMILES string of the molecule is CC(Oc1ccccc1)C(=O)N1CC(c2nc(-c3ccsc3)nn2C)C1. The highest BCUT2D eigenvalue weighted by molar-refractivity contribution is 7.08. The molecule has 4 rings (SSSR count). The van der Waals surface area contributed by atoms with Gasteiger partial charge in [-0.25, -0.2) is 4.98 Å². The van der Waals surface area contributed by atoms with Crippen LogP contribution in [0.5, 0.6) is 5.75 Å². The smallest absolute Gasteiger partial charge is 0.263 e. The first-order valence-electron chi connectivity index (χ1n) is 8.56. The number of hydrogen-bond donors (Lipinski definition) is 0. The van der Waals surface area contributed by atoms with Crippen LogP contribution in [0.2, 0.25) is 0 Å². The van der Waals surface area contributed by atoms with Crippen molar-refractivity contribution in [3.8, 4) is 17.1 Å². The summed E-state index contributed by atoms with van der Waals surface area (Å²) in [5, 5.41) is 8.56. The van der Waals surface area contributed by atoms with Gasteiger partial charge in [-0.15, -0.1) is 0 Å².